The summed E-state index contributed by atoms with van der Waals surface area (Å²) in [5, 5.41) is 3.16. The van der Waals surface area contributed by atoms with Crippen molar-refractivity contribution < 1.29 is 0 Å². The lowest BCUT2D eigenvalue weighted by Gasteiger charge is -2.30. The Morgan fingerprint density at radius 1 is 1.30 bits per heavy atom. The third-order valence-corrected chi connectivity index (χ3v) is 4.05. The lowest BCUT2D eigenvalue weighted by Crippen LogP contribution is -2.31. The van der Waals surface area contributed by atoms with E-state index in [-0.39, 0.29) is 0 Å². The fourth-order valence-electron chi connectivity index (χ4n) is 2.50. The molecule has 2 aromatic rings. The van der Waals surface area contributed by atoms with Gasteiger partial charge >= 0.3 is 0 Å². The Balaban J connectivity index is 1.89. The van der Waals surface area contributed by atoms with E-state index in [0.717, 1.165) is 36.3 Å². The van der Waals surface area contributed by atoms with Gasteiger partial charge in [0, 0.05) is 25.8 Å². The van der Waals surface area contributed by atoms with Crippen molar-refractivity contribution in [3.05, 3.63) is 46.1 Å². The summed E-state index contributed by atoms with van der Waals surface area (Å²) in [6.07, 6.45) is 2.88. The molecule has 2 heterocycles. The monoisotopic (exact) mass is 332 g/mol. The van der Waals surface area contributed by atoms with Crippen LogP contribution in [0.5, 0.6) is 0 Å². The van der Waals surface area contributed by atoms with Crippen LogP contribution in [-0.2, 0) is 13.0 Å². The maximum absolute atomic E-state index is 4.62. The summed E-state index contributed by atoms with van der Waals surface area (Å²) in [6.45, 7) is 4.75. The number of fused-ring (bicyclic) bond motifs is 1. The number of hydrogen-bond donors (Lipinski definition) is 1. The van der Waals surface area contributed by atoms with E-state index in [1.54, 1.807) is 0 Å². The molecule has 0 radical (unpaired) electrons. The van der Waals surface area contributed by atoms with E-state index in [4.69, 9.17) is 0 Å². The smallest absolute Gasteiger partial charge is 0.224 e. The first-order valence-electron chi connectivity index (χ1n) is 6.86. The van der Waals surface area contributed by atoms with Gasteiger partial charge in [0.15, 0.2) is 0 Å². The molecule has 0 bridgehead atoms. The maximum Gasteiger partial charge on any atom is 0.224 e. The molecule has 4 nitrogen and oxygen atoms in total. The number of nitrogens with zero attached hydrogens (tertiary/aromatic N) is 3. The number of nitrogens with one attached hydrogen (secondary N) is 1. The summed E-state index contributed by atoms with van der Waals surface area (Å²) in [6, 6.07) is 8.62. The molecule has 104 valence electrons. The van der Waals surface area contributed by atoms with E-state index in [0.29, 0.717) is 5.95 Å². The molecule has 0 spiro atoms. The van der Waals surface area contributed by atoms with Crippen molar-refractivity contribution in [3.63, 3.8) is 0 Å². The van der Waals surface area contributed by atoms with Crippen molar-refractivity contribution >= 4 is 27.7 Å². The van der Waals surface area contributed by atoms with Crippen LogP contribution in [0.25, 0.3) is 0 Å². The molecule has 1 aromatic carbocycles. The molecular weight excluding hydrogens is 316 g/mol. The third-order valence-electron chi connectivity index (χ3n) is 3.49. The fraction of sp³-hybridized carbons (Fsp3) is 0.333. The van der Waals surface area contributed by atoms with Gasteiger partial charge in [-0.1, -0.05) is 24.3 Å². The molecule has 1 aliphatic heterocycles. The van der Waals surface area contributed by atoms with E-state index in [2.05, 4.69) is 60.4 Å². The Morgan fingerprint density at radius 3 is 2.90 bits per heavy atom. The molecule has 0 aliphatic carbocycles. The highest BCUT2D eigenvalue weighted by Crippen LogP contribution is 2.29. The standard InChI is InChI=1S/C15H17BrN4/c1-2-17-15-18-9-13(16)14(19-15)20-8-7-11-5-3-4-6-12(11)10-20/h3-6,9H,2,7-8,10H2,1H3,(H,17,18,19). The lowest BCUT2D eigenvalue weighted by atomic mass is 10.00. The second-order valence-electron chi connectivity index (χ2n) is 4.84. The number of halogens is 1. The van der Waals surface area contributed by atoms with Gasteiger partial charge < -0.3 is 10.2 Å². The summed E-state index contributed by atoms with van der Waals surface area (Å²) >= 11 is 3.56. The van der Waals surface area contributed by atoms with E-state index in [1.165, 1.54) is 11.1 Å². The van der Waals surface area contributed by atoms with Crippen molar-refractivity contribution in [3.8, 4) is 0 Å². The number of anilines is 2. The van der Waals surface area contributed by atoms with Crippen LogP contribution in [0.4, 0.5) is 11.8 Å². The zero-order valence-corrected chi connectivity index (χ0v) is 13.0. The molecule has 0 saturated carbocycles. The normalized spacial score (nSPS) is 14.0. The van der Waals surface area contributed by atoms with Gasteiger partial charge in [0.25, 0.3) is 0 Å². The zero-order valence-electron chi connectivity index (χ0n) is 11.4. The van der Waals surface area contributed by atoms with Crippen molar-refractivity contribution in [1.29, 1.82) is 0 Å². The molecule has 0 unspecified atom stereocenters. The molecule has 1 aromatic heterocycles. The molecule has 1 N–H and O–H groups in total. The first-order chi connectivity index (χ1) is 9.78. The van der Waals surface area contributed by atoms with Crippen LogP contribution < -0.4 is 10.2 Å². The second kappa shape index (κ2) is 5.79. The lowest BCUT2D eigenvalue weighted by molar-refractivity contribution is 0.717. The second-order valence-corrected chi connectivity index (χ2v) is 5.69. The zero-order chi connectivity index (χ0) is 13.9. The summed E-state index contributed by atoms with van der Waals surface area (Å²) in [5.41, 5.74) is 2.83. The van der Waals surface area contributed by atoms with Crippen LogP contribution in [0, 0.1) is 0 Å². The average molecular weight is 333 g/mol. The Morgan fingerprint density at radius 2 is 2.10 bits per heavy atom. The number of benzene rings is 1. The highest BCUT2D eigenvalue weighted by Gasteiger charge is 2.19. The number of rotatable bonds is 3. The Hall–Kier alpha value is -1.62. The first kappa shape index (κ1) is 13.4. The fourth-order valence-corrected chi connectivity index (χ4v) is 2.94. The van der Waals surface area contributed by atoms with E-state index < -0.39 is 0 Å². The molecule has 5 heteroatoms. The molecule has 0 amide bonds. The predicted octanol–water partition coefficient (Wildman–Crippen LogP) is 3.23. The summed E-state index contributed by atoms with van der Waals surface area (Å²) in [4.78, 5) is 11.2. The molecule has 0 fully saturated rings. The highest BCUT2D eigenvalue weighted by atomic mass is 79.9. The van der Waals surface area contributed by atoms with Gasteiger partial charge in [-0.3, -0.25) is 0 Å². The van der Waals surface area contributed by atoms with Gasteiger partial charge in [0.2, 0.25) is 5.95 Å². The largest absolute Gasteiger partial charge is 0.354 e. The SMILES string of the molecule is CCNc1ncc(Br)c(N2CCc3ccccc3C2)n1. The van der Waals surface area contributed by atoms with Crippen LogP contribution in [0.15, 0.2) is 34.9 Å². The van der Waals surface area contributed by atoms with E-state index in [1.807, 2.05) is 13.1 Å². The van der Waals surface area contributed by atoms with E-state index >= 15 is 0 Å². The Bertz CT molecular complexity index is 615. The molecule has 3 rings (SSSR count). The molecular formula is C15H17BrN4. The maximum atomic E-state index is 4.62. The van der Waals surface area contributed by atoms with Crippen LogP contribution in [0.3, 0.4) is 0 Å². The Labute approximate surface area is 127 Å². The molecule has 0 saturated heterocycles. The topological polar surface area (TPSA) is 41.1 Å². The molecule has 1 aliphatic rings. The summed E-state index contributed by atoms with van der Waals surface area (Å²) in [7, 11) is 0. The van der Waals surface area contributed by atoms with Gasteiger partial charge in [-0.15, -0.1) is 0 Å². The van der Waals surface area contributed by atoms with Gasteiger partial charge in [-0.25, -0.2) is 4.98 Å². The summed E-state index contributed by atoms with van der Waals surface area (Å²) < 4.78 is 0.943. The van der Waals surface area contributed by atoms with Crippen molar-refractivity contribution in [2.45, 2.75) is 19.9 Å². The number of aromatic nitrogens is 2. The number of hydrogen-bond acceptors (Lipinski definition) is 4. The van der Waals surface area contributed by atoms with Crippen LogP contribution in [0.1, 0.15) is 18.1 Å². The third kappa shape index (κ3) is 2.63. The summed E-state index contributed by atoms with van der Waals surface area (Å²) in [5.74, 6) is 1.65. The van der Waals surface area contributed by atoms with Gasteiger partial charge in [-0.05, 0) is 40.4 Å². The predicted molar refractivity (Wildman–Crippen MR) is 85.1 cm³/mol. The van der Waals surface area contributed by atoms with Gasteiger partial charge in [-0.2, -0.15) is 4.98 Å². The van der Waals surface area contributed by atoms with Crippen molar-refractivity contribution in [2.75, 3.05) is 23.3 Å². The molecule has 20 heavy (non-hydrogen) atoms. The minimum atomic E-state index is 0.685. The van der Waals surface area contributed by atoms with Gasteiger partial charge in [0.05, 0.1) is 4.47 Å². The quantitative estimate of drug-likeness (QED) is 0.936. The van der Waals surface area contributed by atoms with Crippen LogP contribution in [0.2, 0.25) is 0 Å². The van der Waals surface area contributed by atoms with Crippen molar-refractivity contribution in [2.24, 2.45) is 0 Å². The highest BCUT2D eigenvalue weighted by molar-refractivity contribution is 9.10. The average Bonchev–Trinajstić information content (AvgIpc) is 2.49. The van der Waals surface area contributed by atoms with Crippen molar-refractivity contribution in [1.82, 2.24) is 9.97 Å². The minimum Gasteiger partial charge on any atom is -0.354 e. The van der Waals surface area contributed by atoms with Gasteiger partial charge in [0.1, 0.15) is 5.82 Å². The minimum absolute atomic E-state index is 0.685. The van der Waals surface area contributed by atoms with Crippen LogP contribution in [-0.4, -0.2) is 23.1 Å². The Kier molecular flexibility index (Phi) is 3.87. The molecule has 0 atom stereocenters. The van der Waals surface area contributed by atoms with Crippen LogP contribution >= 0.6 is 15.9 Å². The first-order valence-corrected chi connectivity index (χ1v) is 7.65. The van der Waals surface area contributed by atoms with E-state index in [9.17, 15) is 0 Å².